The van der Waals surface area contributed by atoms with Crippen molar-refractivity contribution >= 4 is 11.8 Å². The van der Waals surface area contributed by atoms with Crippen molar-refractivity contribution in [2.45, 2.75) is 37.8 Å². The van der Waals surface area contributed by atoms with Crippen LogP contribution in [0.4, 0.5) is 0 Å². The lowest BCUT2D eigenvalue weighted by molar-refractivity contribution is -0.139. The number of carbonyl (C=O) groups excluding carboxylic acids is 1. The smallest absolute Gasteiger partial charge is 0.305 e. The number of benzene rings is 1. The molecule has 0 aliphatic heterocycles. The third-order valence-electron chi connectivity index (χ3n) is 2.70. The number of carboxylic acid groups (broad SMARTS) is 1. The molecule has 0 aliphatic carbocycles. The van der Waals surface area contributed by atoms with E-state index >= 15 is 0 Å². The van der Waals surface area contributed by atoms with Gasteiger partial charge in [0.15, 0.2) is 0 Å². The van der Waals surface area contributed by atoms with E-state index in [1.807, 2.05) is 30.3 Å². The minimum Gasteiger partial charge on any atom is -0.481 e. The summed E-state index contributed by atoms with van der Waals surface area (Å²) in [5.74, 6) is -1.33. The number of carbonyl (C=O) groups is 2. The van der Waals surface area contributed by atoms with Gasteiger partial charge in [-0.05, 0) is 12.0 Å². The lowest BCUT2D eigenvalue weighted by Crippen LogP contribution is -2.28. The molecule has 4 N–H and O–H groups in total. The van der Waals surface area contributed by atoms with Crippen molar-refractivity contribution in [1.82, 2.24) is 0 Å². The molecular formula is C14H19NO4. The number of aliphatic hydroxyl groups excluding tert-OH is 1. The quantitative estimate of drug-likeness (QED) is 0.643. The van der Waals surface area contributed by atoms with Crippen LogP contribution in [0.3, 0.4) is 0 Å². The van der Waals surface area contributed by atoms with Crippen LogP contribution < -0.4 is 5.73 Å². The van der Waals surface area contributed by atoms with Crippen molar-refractivity contribution in [3.8, 4) is 0 Å². The van der Waals surface area contributed by atoms with Crippen LogP contribution in [-0.2, 0) is 16.0 Å². The van der Waals surface area contributed by atoms with E-state index in [-0.39, 0.29) is 24.7 Å². The number of hydrogen-bond acceptors (Lipinski definition) is 4. The van der Waals surface area contributed by atoms with Crippen LogP contribution in [-0.4, -0.2) is 34.1 Å². The molecule has 2 atom stereocenters. The van der Waals surface area contributed by atoms with Crippen LogP contribution in [0.5, 0.6) is 0 Å². The van der Waals surface area contributed by atoms with Crippen molar-refractivity contribution < 1.29 is 19.8 Å². The third kappa shape index (κ3) is 6.69. The van der Waals surface area contributed by atoms with Crippen molar-refractivity contribution in [1.29, 1.82) is 0 Å². The molecule has 5 heteroatoms. The van der Waals surface area contributed by atoms with Gasteiger partial charge in [0.2, 0.25) is 0 Å². The first-order valence-electron chi connectivity index (χ1n) is 6.18. The Bertz CT molecular complexity index is 419. The second-order valence-corrected chi connectivity index (χ2v) is 4.65. The first-order chi connectivity index (χ1) is 8.97. The van der Waals surface area contributed by atoms with E-state index in [0.29, 0.717) is 6.42 Å². The fourth-order valence-electron chi connectivity index (χ4n) is 1.90. The van der Waals surface area contributed by atoms with Gasteiger partial charge in [0.1, 0.15) is 5.78 Å². The summed E-state index contributed by atoms with van der Waals surface area (Å²) in [6.07, 6.45) is -0.976. The fraction of sp³-hybridized carbons (Fsp3) is 0.429. The molecular weight excluding hydrogens is 246 g/mol. The lowest BCUT2D eigenvalue weighted by Gasteiger charge is -2.12. The molecule has 1 aromatic rings. The van der Waals surface area contributed by atoms with Gasteiger partial charge in [0, 0.05) is 18.9 Å². The van der Waals surface area contributed by atoms with Crippen LogP contribution in [0, 0.1) is 0 Å². The number of aliphatic carboxylic acids is 1. The zero-order valence-corrected chi connectivity index (χ0v) is 10.7. The maximum atomic E-state index is 11.6. The van der Waals surface area contributed by atoms with Crippen LogP contribution in [0.1, 0.15) is 24.8 Å². The highest BCUT2D eigenvalue weighted by molar-refractivity contribution is 5.80. The first kappa shape index (κ1) is 15.3. The second kappa shape index (κ2) is 7.66. The normalized spacial score (nSPS) is 13.8. The van der Waals surface area contributed by atoms with Gasteiger partial charge >= 0.3 is 5.97 Å². The summed E-state index contributed by atoms with van der Waals surface area (Å²) in [6.45, 7) is 0. The Morgan fingerprint density at radius 1 is 1.11 bits per heavy atom. The molecule has 0 amide bonds. The molecule has 0 fully saturated rings. The molecule has 1 aromatic carbocycles. The largest absolute Gasteiger partial charge is 0.481 e. The van der Waals surface area contributed by atoms with E-state index in [9.17, 15) is 14.7 Å². The minimum atomic E-state index is -1.13. The SMILES string of the molecule is NC(CC(=O)CC(O)CC(=O)O)Cc1ccccc1. The van der Waals surface area contributed by atoms with Crippen molar-refractivity contribution in [2.24, 2.45) is 5.73 Å². The number of aliphatic hydroxyl groups is 1. The summed E-state index contributed by atoms with van der Waals surface area (Å²) in [4.78, 5) is 22.0. The second-order valence-electron chi connectivity index (χ2n) is 4.65. The number of ketones is 1. The standard InChI is InChI=1S/C14H19NO4/c15-11(6-10-4-2-1-3-5-10)7-12(16)8-13(17)9-14(18)19/h1-5,11,13,17H,6-9,15H2,(H,18,19). The highest BCUT2D eigenvalue weighted by Crippen LogP contribution is 2.07. The fourth-order valence-corrected chi connectivity index (χ4v) is 1.90. The average Bonchev–Trinajstić information content (AvgIpc) is 2.28. The van der Waals surface area contributed by atoms with E-state index in [1.165, 1.54) is 0 Å². The van der Waals surface area contributed by atoms with E-state index in [1.54, 1.807) is 0 Å². The number of nitrogens with two attached hydrogens (primary N) is 1. The average molecular weight is 265 g/mol. The molecule has 1 rings (SSSR count). The monoisotopic (exact) mass is 265 g/mol. The summed E-state index contributed by atoms with van der Waals surface area (Å²) >= 11 is 0. The Balaban J connectivity index is 2.34. The molecule has 0 aliphatic rings. The number of carboxylic acids is 1. The highest BCUT2D eigenvalue weighted by Gasteiger charge is 2.16. The number of rotatable bonds is 8. The summed E-state index contributed by atoms with van der Waals surface area (Å²) in [6, 6.07) is 9.27. The Hall–Kier alpha value is -1.72. The van der Waals surface area contributed by atoms with Crippen LogP contribution in [0.2, 0.25) is 0 Å². The molecule has 0 radical (unpaired) electrons. The lowest BCUT2D eigenvalue weighted by atomic mass is 9.99. The van der Waals surface area contributed by atoms with Crippen LogP contribution in [0.25, 0.3) is 0 Å². The van der Waals surface area contributed by atoms with Crippen molar-refractivity contribution in [3.05, 3.63) is 35.9 Å². The summed E-state index contributed by atoms with van der Waals surface area (Å²) in [5, 5.41) is 17.8. The van der Waals surface area contributed by atoms with E-state index in [2.05, 4.69) is 0 Å². The predicted molar refractivity (Wildman–Crippen MR) is 70.6 cm³/mol. The molecule has 0 heterocycles. The van der Waals surface area contributed by atoms with Gasteiger partial charge in [0.25, 0.3) is 0 Å². The van der Waals surface area contributed by atoms with Gasteiger partial charge < -0.3 is 15.9 Å². The van der Waals surface area contributed by atoms with E-state index in [4.69, 9.17) is 10.8 Å². The van der Waals surface area contributed by atoms with Crippen LogP contribution in [0.15, 0.2) is 30.3 Å². The minimum absolute atomic E-state index is 0.144. The summed E-state index contributed by atoms with van der Waals surface area (Å²) < 4.78 is 0. The highest BCUT2D eigenvalue weighted by atomic mass is 16.4. The Morgan fingerprint density at radius 3 is 2.32 bits per heavy atom. The molecule has 0 saturated carbocycles. The first-order valence-corrected chi connectivity index (χ1v) is 6.18. The zero-order chi connectivity index (χ0) is 14.3. The van der Waals surface area contributed by atoms with Crippen molar-refractivity contribution in [2.75, 3.05) is 0 Å². The summed E-state index contributed by atoms with van der Waals surface area (Å²) in [7, 11) is 0. The van der Waals surface area contributed by atoms with Crippen LogP contribution >= 0.6 is 0 Å². The maximum absolute atomic E-state index is 11.6. The zero-order valence-electron chi connectivity index (χ0n) is 10.7. The third-order valence-corrected chi connectivity index (χ3v) is 2.70. The molecule has 0 bridgehead atoms. The Morgan fingerprint density at radius 2 is 1.74 bits per heavy atom. The predicted octanol–water partition coefficient (Wildman–Crippen LogP) is 0.741. The van der Waals surface area contributed by atoms with Gasteiger partial charge in [0.05, 0.1) is 12.5 Å². The summed E-state index contributed by atoms with van der Waals surface area (Å²) in [5.41, 5.74) is 6.91. The number of Topliss-reactive ketones (excluding diaryl/α,β-unsaturated/α-hetero) is 1. The topological polar surface area (TPSA) is 101 Å². The van der Waals surface area contributed by atoms with Gasteiger partial charge in [-0.3, -0.25) is 9.59 Å². The molecule has 104 valence electrons. The molecule has 0 aromatic heterocycles. The van der Waals surface area contributed by atoms with E-state index < -0.39 is 18.5 Å². The van der Waals surface area contributed by atoms with Crippen molar-refractivity contribution in [3.63, 3.8) is 0 Å². The molecule has 2 unspecified atom stereocenters. The Labute approximate surface area is 112 Å². The Kier molecular flexibility index (Phi) is 6.18. The van der Waals surface area contributed by atoms with Gasteiger partial charge in [-0.15, -0.1) is 0 Å². The molecule has 0 spiro atoms. The van der Waals surface area contributed by atoms with E-state index in [0.717, 1.165) is 5.56 Å². The molecule has 5 nitrogen and oxygen atoms in total. The van der Waals surface area contributed by atoms with Gasteiger partial charge in [-0.2, -0.15) is 0 Å². The molecule has 19 heavy (non-hydrogen) atoms. The molecule has 0 saturated heterocycles. The van der Waals surface area contributed by atoms with Gasteiger partial charge in [-0.25, -0.2) is 0 Å². The maximum Gasteiger partial charge on any atom is 0.305 e. The number of hydrogen-bond donors (Lipinski definition) is 3. The van der Waals surface area contributed by atoms with Gasteiger partial charge in [-0.1, -0.05) is 30.3 Å².